The number of carbonyl (C=O) groups is 2. The van der Waals surface area contributed by atoms with E-state index in [1.807, 2.05) is 30.3 Å². The highest BCUT2D eigenvalue weighted by atomic mass is 16.7. The van der Waals surface area contributed by atoms with Crippen LogP contribution in [0.3, 0.4) is 0 Å². The lowest BCUT2D eigenvalue weighted by molar-refractivity contribution is -0.121. The molecule has 6 nitrogen and oxygen atoms in total. The Balaban J connectivity index is 1.48. The van der Waals surface area contributed by atoms with Crippen LogP contribution >= 0.6 is 0 Å². The molecule has 0 unspecified atom stereocenters. The molecule has 23 heavy (non-hydrogen) atoms. The molecule has 0 spiro atoms. The number of hydrogen-bond acceptors (Lipinski definition) is 4. The van der Waals surface area contributed by atoms with Gasteiger partial charge in [-0.3, -0.25) is 20.4 Å². The topological polar surface area (TPSA) is 76.7 Å². The van der Waals surface area contributed by atoms with Gasteiger partial charge in [0.1, 0.15) is 0 Å². The van der Waals surface area contributed by atoms with E-state index in [9.17, 15) is 9.59 Å². The van der Waals surface area contributed by atoms with E-state index in [1.165, 1.54) is 0 Å². The second-order valence-corrected chi connectivity index (χ2v) is 5.06. The van der Waals surface area contributed by atoms with Gasteiger partial charge in [-0.05, 0) is 30.2 Å². The molecule has 1 aliphatic rings. The number of hydrogen-bond donors (Lipinski definition) is 2. The number of nitrogens with one attached hydrogen (secondary N) is 2. The van der Waals surface area contributed by atoms with Crippen molar-refractivity contribution < 1.29 is 19.1 Å². The number of hydrazine groups is 1. The van der Waals surface area contributed by atoms with Crippen molar-refractivity contribution in [1.82, 2.24) is 10.9 Å². The number of rotatable bonds is 4. The van der Waals surface area contributed by atoms with Crippen molar-refractivity contribution in [3.05, 3.63) is 59.7 Å². The first-order valence-electron chi connectivity index (χ1n) is 7.25. The Morgan fingerprint density at radius 1 is 0.957 bits per heavy atom. The number of aryl methyl sites for hydroxylation is 1. The number of fused-ring (bicyclic) bond motifs is 1. The van der Waals surface area contributed by atoms with Crippen LogP contribution in [0, 0.1) is 0 Å². The van der Waals surface area contributed by atoms with Crippen LogP contribution in [0.2, 0.25) is 0 Å². The predicted molar refractivity (Wildman–Crippen MR) is 82.9 cm³/mol. The highest BCUT2D eigenvalue weighted by molar-refractivity contribution is 5.96. The summed E-state index contributed by atoms with van der Waals surface area (Å²) in [7, 11) is 0. The van der Waals surface area contributed by atoms with Crippen molar-refractivity contribution in [2.24, 2.45) is 0 Å². The van der Waals surface area contributed by atoms with E-state index in [1.54, 1.807) is 18.2 Å². The maximum atomic E-state index is 12.0. The van der Waals surface area contributed by atoms with Gasteiger partial charge < -0.3 is 9.47 Å². The minimum absolute atomic E-state index is 0.149. The van der Waals surface area contributed by atoms with Gasteiger partial charge in [0, 0.05) is 12.0 Å². The molecule has 2 aromatic rings. The van der Waals surface area contributed by atoms with Crippen LogP contribution in [0.5, 0.6) is 11.5 Å². The predicted octanol–water partition coefficient (Wildman–Crippen LogP) is 1.81. The van der Waals surface area contributed by atoms with Crippen molar-refractivity contribution in [1.29, 1.82) is 0 Å². The maximum absolute atomic E-state index is 12.0. The Morgan fingerprint density at radius 3 is 2.57 bits per heavy atom. The van der Waals surface area contributed by atoms with Crippen molar-refractivity contribution in [3.8, 4) is 11.5 Å². The standard InChI is InChI=1S/C17H16N2O4/c20-16(9-6-12-4-2-1-3-5-12)18-19-17(21)13-7-8-14-15(10-13)23-11-22-14/h1-5,7-8,10H,6,9,11H2,(H,18,20)(H,19,21). The van der Waals surface area contributed by atoms with Crippen LogP contribution < -0.4 is 20.3 Å². The number of amides is 2. The molecule has 1 heterocycles. The molecule has 0 saturated carbocycles. The van der Waals surface area contributed by atoms with E-state index in [4.69, 9.17) is 9.47 Å². The molecule has 0 saturated heterocycles. The fraction of sp³-hybridized carbons (Fsp3) is 0.176. The molecule has 0 atom stereocenters. The van der Waals surface area contributed by atoms with Gasteiger partial charge >= 0.3 is 0 Å². The van der Waals surface area contributed by atoms with Crippen molar-refractivity contribution in [2.75, 3.05) is 6.79 Å². The van der Waals surface area contributed by atoms with E-state index in [0.717, 1.165) is 5.56 Å². The summed E-state index contributed by atoms with van der Waals surface area (Å²) in [5.41, 5.74) is 6.26. The maximum Gasteiger partial charge on any atom is 0.269 e. The lowest BCUT2D eigenvalue weighted by Gasteiger charge is -2.08. The Hall–Kier alpha value is -3.02. The highest BCUT2D eigenvalue weighted by Crippen LogP contribution is 2.32. The van der Waals surface area contributed by atoms with E-state index < -0.39 is 5.91 Å². The lowest BCUT2D eigenvalue weighted by atomic mass is 10.1. The average Bonchev–Trinajstić information content (AvgIpc) is 3.06. The fourth-order valence-corrected chi connectivity index (χ4v) is 2.20. The van der Waals surface area contributed by atoms with Crippen LogP contribution in [-0.2, 0) is 11.2 Å². The molecule has 0 aromatic heterocycles. The van der Waals surface area contributed by atoms with Gasteiger partial charge in [0.2, 0.25) is 12.7 Å². The van der Waals surface area contributed by atoms with Gasteiger partial charge in [-0.2, -0.15) is 0 Å². The second-order valence-electron chi connectivity index (χ2n) is 5.06. The zero-order valence-corrected chi connectivity index (χ0v) is 12.4. The molecule has 3 rings (SSSR count). The minimum Gasteiger partial charge on any atom is -0.454 e. The van der Waals surface area contributed by atoms with Gasteiger partial charge in [0.15, 0.2) is 11.5 Å². The first-order chi connectivity index (χ1) is 11.2. The zero-order chi connectivity index (χ0) is 16.1. The number of ether oxygens (including phenoxy) is 2. The Morgan fingerprint density at radius 2 is 1.74 bits per heavy atom. The number of benzene rings is 2. The summed E-state index contributed by atoms with van der Waals surface area (Å²) in [6.07, 6.45) is 0.915. The molecule has 1 aliphatic heterocycles. The SMILES string of the molecule is O=C(CCc1ccccc1)NNC(=O)c1ccc2c(c1)OCO2. The Kier molecular flexibility index (Phi) is 4.42. The zero-order valence-electron chi connectivity index (χ0n) is 12.4. The minimum atomic E-state index is -0.406. The summed E-state index contributed by atoms with van der Waals surface area (Å²) < 4.78 is 10.4. The van der Waals surface area contributed by atoms with Gasteiger partial charge in [0.05, 0.1) is 0 Å². The van der Waals surface area contributed by atoms with Crippen LogP contribution in [-0.4, -0.2) is 18.6 Å². The van der Waals surface area contributed by atoms with Crippen molar-refractivity contribution >= 4 is 11.8 Å². The van der Waals surface area contributed by atoms with Crippen molar-refractivity contribution in [2.45, 2.75) is 12.8 Å². The van der Waals surface area contributed by atoms with Crippen LogP contribution in [0.1, 0.15) is 22.3 Å². The van der Waals surface area contributed by atoms with Gasteiger partial charge in [-0.25, -0.2) is 0 Å². The quantitative estimate of drug-likeness (QED) is 0.844. The van der Waals surface area contributed by atoms with Crippen molar-refractivity contribution in [3.63, 3.8) is 0 Å². The molecular weight excluding hydrogens is 296 g/mol. The normalized spacial score (nSPS) is 11.8. The molecule has 2 amide bonds. The third-order valence-electron chi connectivity index (χ3n) is 3.43. The molecule has 0 fully saturated rings. The van der Waals surface area contributed by atoms with Crippen LogP contribution in [0.4, 0.5) is 0 Å². The smallest absolute Gasteiger partial charge is 0.269 e. The molecule has 2 N–H and O–H groups in total. The largest absolute Gasteiger partial charge is 0.454 e. The summed E-state index contributed by atoms with van der Waals surface area (Å²) >= 11 is 0. The fourth-order valence-electron chi connectivity index (χ4n) is 2.20. The molecule has 118 valence electrons. The van der Waals surface area contributed by atoms with Gasteiger partial charge in [-0.15, -0.1) is 0 Å². The van der Waals surface area contributed by atoms with Gasteiger partial charge in [0.25, 0.3) is 5.91 Å². The monoisotopic (exact) mass is 312 g/mol. The first kappa shape index (κ1) is 14.9. The van der Waals surface area contributed by atoms with E-state index in [2.05, 4.69) is 10.9 Å². The van der Waals surface area contributed by atoms with Crippen LogP contribution in [0.15, 0.2) is 48.5 Å². The summed E-state index contributed by atoms with van der Waals surface area (Å²) in [6, 6.07) is 14.5. The summed E-state index contributed by atoms with van der Waals surface area (Å²) in [4.78, 5) is 23.8. The van der Waals surface area contributed by atoms with E-state index in [0.29, 0.717) is 29.9 Å². The second kappa shape index (κ2) is 6.83. The molecule has 0 bridgehead atoms. The molecule has 2 aromatic carbocycles. The molecule has 6 heteroatoms. The summed E-state index contributed by atoms with van der Waals surface area (Å²) in [5.74, 6) is 0.473. The van der Waals surface area contributed by atoms with E-state index >= 15 is 0 Å². The highest BCUT2D eigenvalue weighted by Gasteiger charge is 2.16. The molecular formula is C17H16N2O4. The third-order valence-corrected chi connectivity index (χ3v) is 3.43. The lowest BCUT2D eigenvalue weighted by Crippen LogP contribution is -2.41. The number of carbonyl (C=O) groups excluding carboxylic acids is 2. The molecule has 0 radical (unpaired) electrons. The van der Waals surface area contributed by atoms with Crippen LogP contribution in [0.25, 0.3) is 0 Å². The average molecular weight is 312 g/mol. The summed E-state index contributed by atoms with van der Waals surface area (Å²) in [5, 5.41) is 0. The third kappa shape index (κ3) is 3.79. The summed E-state index contributed by atoms with van der Waals surface area (Å²) in [6.45, 7) is 0.149. The van der Waals surface area contributed by atoms with E-state index in [-0.39, 0.29) is 12.7 Å². The van der Waals surface area contributed by atoms with Gasteiger partial charge in [-0.1, -0.05) is 30.3 Å². The first-order valence-corrected chi connectivity index (χ1v) is 7.25. The Bertz CT molecular complexity index is 716. The Labute approximate surface area is 133 Å². The molecule has 0 aliphatic carbocycles.